The number of nitrogens with one attached hydrogen (secondary N) is 1. The van der Waals surface area contributed by atoms with Crippen molar-refractivity contribution in [3.63, 3.8) is 0 Å². The van der Waals surface area contributed by atoms with E-state index in [1.807, 2.05) is 34.6 Å². The smallest absolute Gasteiger partial charge is 0.221 e. The van der Waals surface area contributed by atoms with Gasteiger partial charge in [-0.15, -0.1) is 0 Å². The van der Waals surface area contributed by atoms with Gasteiger partial charge in [0.2, 0.25) is 5.91 Å². The third kappa shape index (κ3) is 17.1. The van der Waals surface area contributed by atoms with Crippen LogP contribution in [0.1, 0.15) is 41.5 Å². The third-order valence-electron chi connectivity index (χ3n) is 0.900. The van der Waals surface area contributed by atoms with E-state index in [9.17, 15) is 4.79 Å². The van der Waals surface area contributed by atoms with Crippen LogP contribution in [0.15, 0.2) is 16.8 Å². The molecule has 3 heteroatoms. The maximum absolute atomic E-state index is 10.5. The fraction of sp³-hybridized carbons (Fsp3) is 0.636. The van der Waals surface area contributed by atoms with Crippen molar-refractivity contribution >= 4 is 12.1 Å². The van der Waals surface area contributed by atoms with Crippen LogP contribution in [-0.4, -0.2) is 19.2 Å². The molecule has 0 rings (SSSR count). The Morgan fingerprint density at radius 1 is 1.21 bits per heavy atom. The summed E-state index contributed by atoms with van der Waals surface area (Å²) in [5.41, 5.74) is 0.731. The van der Waals surface area contributed by atoms with E-state index in [0.29, 0.717) is 0 Å². The minimum atomic E-state index is -0.0759. The normalized spacial score (nSPS) is 9.50. The second-order valence-corrected chi connectivity index (χ2v) is 1.81. The SMILES string of the molecule is C/C=C(\C=NC)NC(C)=O.CC.CC. The lowest BCUT2D eigenvalue weighted by atomic mass is 10.4. The van der Waals surface area contributed by atoms with Crippen molar-refractivity contribution in [2.45, 2.75) is 41.5 Å². The fourth-order valence-corrected chi connectivity index (χ4v) is 0.521. The van der Waals surface area contributed by atoms with Gasteiger partial charge >= 0.3 is 0 Å². The van der Waals surface area contributed by atoms with Crippen molar-refractivity contribution < 1.29 is 4.79 Å². The number of nitrogens with zero attached hydrogens (tertiary/aromatic N) is 1. The number of amides is 1. The van der Waals surface area contributed by atoms with Gasteiger partial charge in [-0.05, 0) is 6.92 Å². The summed E-state index contributed by atoms with van der Waals surface area (Å²) in [5.74, 6) is -0.0759. The van der Waals surface area contributed by atoms with Gasteiger partial charge in [0, 0.05) is 20.2 Å². The molecule has 0 aromatic rings. The molecule has 0 aliphatic rings. The van der Waals surface area contributed by atoms with Crippen LogP contribution in [-0.2, 0) is 4.79 Å². The van der Waals surface area contributed by atoms with Crippen molar-refractivity contribution in [2.24, 2.45) is 4.99 Å². The van der Waals surface area contributed by atoms with Crippen molar-refractivity contribution in [3.05, 3.63) is 11.8 Å². The van der Waals surface area contributed by atoms with Crippen LogP contribution < -0.4 is 5.32 Å². The molecule has 0 aliphatic heterocycles. The summed E-state index contributed by atoms with van der Waals surface area (Å²) in [5, 5.41) is 2.60. The molecule has 0 aromatic heterocycles. The highest BCUT2D eigenvalue weighted by Gasteiger charge is 1.91. The standard InChI is InChI=1S/C7H12N2O.2C2H6/c1-4-7(5-8-3)9-6(2)10;2*1-2/h4-5H,1-3H3,(H,9,10);2*1-2H3/b7-4+,8-5?;;. The minimum Gasteiger partial charge on any atom is -0.325 e. The molecule has 0 fully saturated rings. The van der Waals surface area contributed by atoms with E-state index in [-0.39, 0.29) is 5.91 Å². The molecule has 1 amide bonds. The molecule has 14 heavy (non-hydrogen) atoms. The first-order chi connectivity index (χ1) is 6.70. The zero-order valence-electron chi connectivity index (χ0n) is 10.5. The van der Waals surface area contributed by atoms with E-state index >= 15 is 0 Å². The zero-order chi connectivity index (χ0) is 12.0. The number of rotatable bonds is 2. The highest BCUT2D eigenvalue weighted by atomic mass is 16.1. The van der Waals surface area contributed by atoms with Crippen LogP contribution in [0.4, 0.5) is 0 Å². The van der Waals surface area contributed by atoms with Crippen LogP contribution in [0.25, 0.3) is 0 Å². The van der Waals surface area contributed by atoms with Gasteiger partial charge in [-0.25, -0.2) is 0 Å². The number of carbonyl (C=O) groups is 1. The van der Waals surface area contributed by atoms with E-state index in [2.05, 4.69) is 10.3 Å². The predicted molar refractivity (Wildman–Crippen MR) is 64.7 cm³/mol. The van der Waals surface area contributed by atoms with Gasteiger partial charge in [-0.1, -0.05) is 33.8 Å². The highest BCUT2D eigenvalue weighted by Crippen LogP contribution is 1.82. The molecule has 3 nitrogen and oxygen atoms in total. The summed E-state index contributed by atoms with van der Waals surface area (Å²) >= 11 is 0. The number of aliphatic imine (C=N–C) groups is 1. The molecule has 0 aliphatic carbocycles. The molecule has 1 N–H and O–H groups in total. The second kappa shape index (κ2) is 17.8. The monoisotopic (exact) mass is 200 g/mol. The lowest BCUT2D eigenvalue weighted by molar-refractivity contribution is -0.118. The van der Waals surface area contributed by atoms with E-state index in [4.69, 9.17) is 0 Å². The lowest BCUT2D eigenvalue weighted by Gasteiger charge is -1.98. The quantitative estimate of drug-likeness (QED) is 0.684. The van der Waals surface area contributed by atoms with Gasteiger partial charge < -0.3 is 5.32 Å². The molecule has 0 unspecified atom stereocenters. The summed E-state index contributed by atoms with van der Waals surface area (Å²) < 4.78 is 0. The van der Waals surface area contributed by atoms with Crippen molar-refractivity contribution in [1.82, 2.24) is 5.32 Å². The van der Waals surface area contributed by atoms with Crippen LogP contribution in [0, 0.1) is 0 Å². The molecular weight excluding hydrogens is 176 g/mol. The van der Waals surface area contributed by atoms with Crippen LogP contribution in [0.2, 0.25) is 0 Å². The van der Waals surface area contributed by atoms with E-state index in [0.717, 1.165) is 5.70 Å². The highest BCUT2D eigenvalue weighted by molar-refractivity contribution is 5.86. The Hall–Kier alpha value is -1.12. The van der Waals surface area contributed by atoms with Gasteiger partial charge in [0.25, 0.3) is 0 Å². The summed E-state index contributed by atoms with van der Waals surface area (Å²) in [6, 6.07) is 0. The molecule has 0 aromatic carbocycles. The zero-order valence-corrected chi connectivity index (χ0v) is 10.5. The summed E-state index contributed by atoms with van der Waals surface area (Å²) in [7, 11) is 1.66. The first-order valence-corrected chi connectivity index (χ1v) is 5.06. The average Bonchev–Trinajstić information content (AvgIpc) is 2.22. The van der Waals surface area contributed by atoms with E-state index < -0.39 is 0 Å². The van der Waals surface area contributed by atoms with E-state index in [1.165, 1.54) is 6.92 Å². The fourth-order valence-electron chi connectivity index (χ4n) is 0.521. The van der Waals surface area contributed by atoms with Crippen molar-refractivity contribution in [1.29, 1.82) is 0 Å². The average molecular weight is 200 g/mol. The maximum atomic E-state index is 10.5. The number of hydrogen-bond donors (Lipinski definition) is 1. The minimum absolute atomic E-state index is 0.0759. The summed E-state index contributed by atoms with van der Waals surface area (Å²) in [6.45, 7) is 11.3. The summed E-state index contributed by atoms with van der Waals surface area (Å²) in [6.07, 6.45) is 3.38. The van der Waals surface area contributed by atoms with Gasteiger partial charge in [0.15, 0.2) is 0 Å². The van der Waals surface area contributed by atoms with Gasteiger partial charge in [-0.3, -0.25) is 9.79 Å². The summed E-state index contributed by atoms with van der Waals surface area (Å²) in [4.78, 5) is 14.2. The van der Waals surface area contributed by atoms with Crippen LogP contribution in [0.5, 0.6) is 0 Å². The lowest BCUT2D eigenvalue weighted by Crippen LogP contribution is -2.19. The number of hydrogen-bond acceptors (Lipinski definition) is 2. The van der Waals surface area contributed by atoms with Gasteiger partial charge in [0.1, 0.15) is 0 Å². The maximum Gasteiger partial charge on any atom is 0.221 e. The Morgan fingerprint density at radius 2 is 1.64 bits per heavy atom. The Bertz CT molecular complexity index is 172. The molecular formula is C11H24N2O. The Labute approximate surface area is 88.3 Å². The first-order valence-electron chi connectivity index (χ1n) is 5.06. The Kier molecular flexibility index (Phi) is 23.7. The second-order valence-electron chi connectivity index (χ2n) is 1.81. The molecule has 84 valence electrons. The van der Waals surface area contributed by atoms with Crippen molar-refractivity contribution in [3.8, 4) is 0 Å². The largest absolute Gasteiger partial charge is 0.325 e. The Balaban J connectivity index is -0.000000266. The topological polar surface area (TPSA) is 41.5 Å². The van der Waals surface area contributed by atoms with Crippen LogP contribution >= 0.6 is 0 Å². The molecule has 0 atom stereocenters. The number of allylic oxidation sites excluding steroid dienone is 2. The van der Waals surface area contributed by atoms with E-state index in [1.54, 1.807) is 19.3 Å². The van der Waals surface area contributed by atoms with Crippen molar-refractivity contribution in [2.75, 3.05) is 7.05 Å². The predicted octanol–water partition coefficient (Wildman–Crippen LogP) is 2.78. The van der Waals surface area contributed by atoms with Gasteiger partial charge in [-0.2, -0.15) is 0 Å². The molecule has 0 spiro atoms. The molecule has 0 saturated heterocycles. The van der Waals surface area contributed by atoms with Crippen LogP contribution in [0.3, 0.4) is 0 Å². The third-order valence-corrected chi connectivity index (χ3v) is 0.900. The van der Waals surface area contributed by atoms with Gasteiger partial charge in [0.05, 0.1) is 5.70 Å². The molecule has 0 radical (unpaired) electrons. The molecule has 0 heterocycles. The Morgan fingerprint density at radius 3 is 1.86 bits per heavy atom. The number of carbonyl (C=O) groups excluding carboxylic acids is 1. The molecule has 0 saturated carbocycles. The first kappa shape index (κ1) is 18.6. The molecule has 0 bridgehead atoms.